The van der Waals surface area contributed by atoms with Crippen molar-refractivity contribution in [2.24, 2.45) is 5.73 Å². The molecule has 0 bridgehead atoms. The second-order valence-electron chi connectivity index (χ2n) is 4.54. The molecule has 2 atom stereocenters. The van der Waals surface area contributed by atoms with Crippen molar-refractivity contribution in [2.75, 3.05) is 13.2 Å². The van der Waals surface area contributed by atoms with Gasteiger partial charge in [0.25, 0.3) is 0 Å². The molecule has 1 heterocycles. The Kier molecular flexibility index (Phi) is 4.42. The molecule has 0 aromatic heterocycles. The maximum Gasteiger partial charge on any atom is 0.124 e. The van der Waals surface area contributed by atoms with Gasteiger partial charge in [0.1, 0.15) is 11.9 Å². The highest BCUT2D eigenvalue weighted by atomic mass is 79.9. The van der Waals surface area contributed by atoms with Crippen molar-refractivity contribution in [1.82, 2.24) is 0 Å². The van der Waals surface area contributed by atoms with Crippen LogP contribution in [0.4, 0.5) is 0 Å². The van der Waals surface area contributed by atoms with Gasteiger partial charge in [-0.05, 0) is 37.1 Å². The average Bonchev–Trinajstić information content (AvgIpc) is 2.74. The molecule has 0 aliphatic carbocycles. The van der Waals surface area contributed by atoms with E-state index < -0.39 is 0 Å². The van der Waals surface area contributed by atoms with Crippen molar-refractivity contribution < 1.29 is 9.47 Å². The molecule has 2 rings (SSSR count). The Balaban J connectivity index is 2.13. The zero-order chi connectivity index (χ0) is 12.3. The van der Waals surface area contributed by atoms with E-state index in [0.717, 1.165) is 35.2 Å². The number of rotatable bonds is 4. The van der Waals surface area contributed by atoms with Crippen molar-refractivity contribution in [2.45, 2.75) is 31.9 Å². The normalized spacial score (nSPS) is 21.5. The minimum atomic E-state index is 0.131. The third-order valence-electron chi connectivity index (χ3n) is 2.75. The van der Waals surface area contributed by atoms with Gasteiger partial charge in [0.05, 0.1) is 13.2 Å². The van der Waals surface area contributed by atoms with E-state index in [0.29, 0.717) is 6.61 Å². The summed E-state index contributed by atoms with van der Waals surface area (Å²) in [5.74, 6) is 0.931. The fourth-order valence-corrected chi connectivity index (χ4v) is 2.36. The van der Waals surface area contributed by atoms with Gasteiger partial charge in [0.2, 0.25) is 0 Å². The first kappa shape index (κ1) is 12.9. The number of nitrogens with two attached hydrogens (primary N) is 1. The van der Waals surface area contributed by atoms with Crippen LogP contribution in [0.1, 0.15) is 18.9 Å². The van der Waals surface area contributed by atoms with Crippen LogP contribution in [0.3, 0.4) is 0 Å². The molecular weight excluding hydrogens is 282 g/mol. The second kappa shape index (κ2) is 5.85. The van der Waals surface area contributed by atoms with E-state index in [1.54, 1.807) is 0 Å². The van der Waals surface area contributed by atoms with Crippen LogP contribution in [-0.2, 0) is 11.2 Å². The second-order valence-corrected chi connectivity index (χ2v) is 5.45. The largest absolute Gasteiger partial charge is 0.488 e. The lowest BCUT2D eigenvalue weighted by Gasteiger charge is -2.17. The molecule has 0 spiro atoms. The van der Waals surface area contributed by atoms with Crippen molar-refractivity contribution in [3.05, 3.63) is 28.2 Å². The number of hydrogen-bond acceptors (Lipinski definition) is 3. The maximum atomic E-state index is 5.96. The minimum absolute atomic E-state index is 0.131. The fraction of sp³-hybridized carbons (Fsp3) is 0.538. The van der Waals surface area contributed by atoms with Crippen LogP contribution in [0.2, 0.25) is 0 Å². The number of ether oxygens (including phenoxy) is 2. The number of benzene rings is 1. The van der Waals surface area contributed by atoms with Gasteiger partial charge in [0, 0.05) is 16.9 Å². The molecule has 4 heteroatoms. The highest BCUT2D eigenvalue weighted by Crippen LogP contribution is 2.26. The standard InChI is InChI=1S/C13H18BrNO2/c1-9(15)6-10-7-11(14)2-3-13(10)17-12-4-5-16-8-12/h2-3,7,9,12H,4-6,8,15H2,1H3. The van der Waals surface area contributed by atoms with Gasteiger partial charge in [-0.3, -0.25) is 0 Å². The summed E-state index contributed by atoms with van der Waals surface area (Å²) in [5, 5.41) is 0. The third-order valence-corrected chi connectivity index (χ3v) is 3.24. The molecule has 0 saturated carbocycles. The van der Waals surface area contributed by atoms with E-state index in [2.05, 4.69) is 22.0 Å². The molecule has 1 aromatic carbocycles. The van der Waals surface area contributed by atoms with Crippen LogP contribution >= 0.6 is 15.9 Å². The van der Waals surface area contributed by atoms with Gasteiger partial charge >= 0.3 is 0 Å². The Morgan fingerprint density at radius 3 is 3.06 bits per heavy atom. The van der Waals surface area contributed by atoms with Crippen molar-refractivity contribution >= 4 is 15.9 Å². The van der Waals surface area contributed by atoms with E-state index in [1.165, 1.54) is 0 Å². The quantitative estimate of drug-likeness (QED) is 0.929. The third kappa shape index (κ3) is 3.69. The molecule has 17 heavy (non-hydrogen) atoms. The van der Waals surface area contributed by atoms with Gasteiger partial charge in [-0.25, -0.2) is 0 Å². The molecule has 2 N–H and O–H groups in total. The van der Waals surface area contributed by atoms with Gasteiger partial charge in [-0.15, -0.1) is 0 Å². The van der Waals surface area contributed by atoms with E-state index in [9.17, 15) is 0 Å². The summed E-state index contributed by atoms with van der Waals surface area (Å²) in [4.78, 5) is 0. The Morgan fingerprint density at radius 1 is 1.59 bits per heavy atom. The van der Waals surface area contributed by atoms with E-state index in [4.69, 9.17) is 15.2 Å². The smallest absolute Gasteiger partial charge is 0.124 e. The van der Waals surface area contributed by atoms with Gasteiger partial charge in [-0.2, -0.15) is 0 Å². The summed E-state index contributed by atoms with van der Waals surface area (Å²) in [6.07, 6.45) is 1.97. The fourth-order valence-electron chi connectivity index (χ4n) is 1.95. The Morgan fingerprint density at radius 2 is 2.41 bits per heavy atom. The highest BCUT2D eigenvalue weighted by molar-refractivity contribution is 9.10. The Bertz CT molecular complexity index is 376. The highest BCUT2D eigenvalue weighted by Gasteiger charge is 2.18. The van der Waals surface area contributed by atoms with Crippen LogP contribution in [-0.4, -0.2) is 25.4 Å². The summed E-state index contributed by atoms with van der Waals surface area (Å²) in [6.45, 7) is 3.49. The molecule has 94 valence electrons. The molecule has 1 aromatic rings. The molecule has 1 saturated heterocycles. The lowest BCUT2D eigenvalue weighted by molar-refractivity contribution is 0.140. The molecule has 1 aliphatic rings. The molecule has 1 fully saturated rings. The molecule has 3 nitrogen and oxygen atoms in total. The number of hydrogen-bond donors (Lipinski definition) is 1. The Labute approximate surface area is 110 Å². The van der Waals surface area contributed by atoms with Crippen molar-refractivity contribution in [1.29, 1.82) is 0 Å². The van der Waals surface area contributed by atoms with Crippen LogP contribution in [0.15, 0.2) is 22.7 Å². The predicted octanol–water partition coefficient (Wildman–Crippen LogP) is 2.51. The van der Waals surface area contributed by atoms with Crippen molar-refractivity contribution in [3.63, 3.8) is 0 Å². The monoisotopic (exact) mass is 299 g/mol. The van der Waals surface area contributed by atoms with E-state index >= 15 is 0 Å². The molecule has 0 radical (unpaired) electrons. The van der Waals surface area contributed by atoms with Gasteiger partial charge < -0.3 is 15.2 Å². The summed E-state index contributed by atoms with van der Waals surface area (Å²) in [6, 6.07) is 6.20. The van der Waals surface area contributed by atoms with E-state index in [1.807, 2.05) is 19.1 Å². The topological polar surface area (TPSA) is 44.5 Å². The van der Waals surface area contributed by atoms with Crippen LogP contribution in [0.25, 0.3) is 0 Å². The first-order valence-corrected chi connectivity index (χ1v) is 6.73. The summed E-state index contributed by atoms with van der Waals surface area (Å²) < 4.78 is 12.3. The van der Waals surface area contributed by atoms with Crippen LogP contribution in [0, 0.1) is 0 Å². The first-order chi connectivity index (χ1) is 8.15. The zero-order valence-corrected chi connectivity index (χ0v) is 11.6. The first-order valence-electron chi connectivity index (χ1n) is 5.93. The average molecular weight is 300 g/mol. The zero-order valence-electron chi connectivity index (χ0n) is 9.99. The predicted molar refractivity (Wildman–Crippen MR) is 71.3 cm³/mol. The van der Waals surface area contributed by atoms with E-state index in [-0.39, 0.29) is 12.1 Å². The summed E-state index contributed by atoms with van der Waals surface area (Å²) in [5.41, 5.74) is 7.01. The summed E-state index contributed by atoms with van der Waals surface area (Å²) in [7, 11) is 0. The van der Waals surface area contributed by atoms with Gasteiger partial charge in [-0.1, -0.05) is 15.9 Å². The van der Waals surface area contributed by atoms with Crippen molar-refractivity contribution in [3.8, 4) is 5.75 Å². The minimum Gasteiger partial charge on any atom is -0.488 e. The van der Waals surface area contributed by atoms with Crippen LogP contribution in [0.5, 0.6) is 5.75 Å². The Hall–Kier alpha value is -0.580. The molecule has 2 unspecified atom stereocenters. The lowest BCUT2D eigenvalue weighted by atomic mass is 10.1. The summed E-state index contributed by atoms with van der Waals surface area (Å²) >= 11 is 3.48. The SMILES string of the molecule is CC(N)Cc1cc(Br)ccc1OC1CCOC1. The number of halogens is 1. The van der Waals surface area contributed by atoms with Crippen LogP contribution < -0.4 is 10.5 Å². The molecular formula is C13H18BrNO2. The van der Waals surface area contributed by atoms with Gasteiger partial charge in [0.15, 0.2) is 0 Å². The molecule has 0 amide bonds. The molecule has 1 aliphatic heterocycles. The maximum absolute atomic E-state index is 5.96. The lowest BCUT2D eigenvalue weighted by Crippen LogP contribution is -2.20.